The van der Waals surface area contributed by atoms with Crippen molar-refractivity contribution in [2.75, 3.05) is 18.0 Å². The van der Waals surface area contributed by atoms with Crippen LogP contribution in [0.2, 0.25) is 0 Å². The standard InChI is InChI=1S/C26H28F2N9O5/c1-17(2)41-25(39)42-34-15-30-33(16-34)13-26(40,22-9-4-19(27)12-23(22)28)18(3)35-10-11-36(24(35)38)20-5-7-21(8-6-20)37-14-29-31-32-37/h4-9,12,14-18,40H,10-11,13H2,1-3H3/q+1/t18-,26-/m1/s1. The number of ether oxygens (including phenoxy) is 1. The fourth-order valence-corrected chi connectivity index (χ4v) is 4.74. The van der Waals surface area contributed by atoms with E-state index in [0.29, 0.717) is 24.0 Å². The molecule has 0 bridgehead atoms. The third-order valence-electron chi connectivity index (χ3n) is 6.85. The van der Waals surface area contributed by atoms with Crippen LogP contribution < -0.4 is 14.4 Å². The second kappa shape index (κ2) is 11.5. The first-order chi connectivity index (χ1) is 20.0. The second-order valence-corrected chi connectivity index (χ2v) is 9.93. The second-order valence-electron chi connectivity index (χ2n) is 9.93. The molecule has 0 saturated carbocycles. The lowest BCUT2D eigenvalue weighted by Crippen LogP contribution is -2.58. The lowest BCUT2D eigenvalue weighted by Gasteiger charge is -2.38. The maximum atomic E-state index is 15.1. The van der Waals surface area contributed by atoms with Gasteiger partial charge in [0, 0.05) is 30.4 Å². The van der Waals surface area contributed by atoms with Crippen LogP contribution in [0, 0.1) is 11.6 Å². The molecule has 0 aliphatic carbocycles. The Bertz CT molecular complexity index is 1560. The van der Waals surface area contributed by atoms with Crippen molar-refractivity contribution in [1.29, 1.82) is 0 Å². The number of hydrogen-bond donors (Lipinski definition) is 1. The van der Waals surface area contributed by atoms with Gasteiger partial charge >= 0.3 is 18.5 Å². The van der Waals surface area contributed by atoms with Gasteiger partial charge in [0.25, 0.3) is 6.33 Å². The van der Waals surface area contributed by atoms with Gasteiger partial charge in [0.1, 0.15) is 24.5 Å². The summed E-state index contributed by atoms with van der Waals surface area (Å²) in [7, 11) is 0. The minimum Gasteiger partial charge on any atom is -0.429 e. The number of aromatic nitrogens is 7. The Kier molecular flexibility index (Phi) is 7.80. The third-order valence-corrected chi connectivity index (χ3v) is 6.85. The number of tetrazole rings is 1. The first kappa shape index (κ1) is 28.5. The molecule has 1 N–H and O–H groups in total. The van der Waals surface area contributed by atoms with Gasteiger partial charge in [-0.05, 0) is 71.4 Å². The minimum absolute atomic E-state index is 0.211. The molecule has 0 unspecified atom stereocenters. The molecule has 1 saturated heterocycles. The van der Waals surface area contributed by atoms with Crippen molar-refractivity contribution in [2.45, 2.75) is 45.1 Å². The molecule has 1 aliphatic heterocycles. The van der Waals surface area contributed by atoms with Crippen LogP contribution in [-0.2, 0) is 16.9 Å². The van der Waals surface area contributed by atoms with Crippen molar-refractivity contribution < 1.29 is 37.7 Å². The summed E-state index contributed by atoms with van der Waals surface area (Å²) in [6, 6.07) is 8.35. The smallest absolute Gasteiger partial charge is 0.429 e. The number of rotatable bonds is 9. The molecular formula is C26H28F2N9O5+. The highest BCUT2D eigenvalue weighted by Crippen LogP contribution is 2.34. The average Bonchev–Trinajstić information content (AvgIpc) is 3.70. The van der Waals surface area contributed by atoms with E-state index < -0.39 is 41.6 Å². The van der Waals surface area contributed by atoms with Crippen molar-refractivity contribution >= 4 is 17.9 Å². The van der Waals surface area contributed by atoms with Crippen LogP contribution in [0.3, 0.4) is 0 Å². The Morgan fingerprint density at radius 2 is 1.83 bits per heavy atom. The van der Waals surface area contributed by atoms with Gasteiger partial charge in [-0.15, -0.1) is 9.78 Å². The summed E-state index contributed by atoms with van der Waals surface area (Å²) in [5.74, 6) is -1.82. The lowest BCUT2D eigenvalue weighted by molar-refractivity contribution is -0.766. The van der Waals surface area contributed by atoms with Gasteiger partial charge in [0.05, 0.1) is 17.8 Å². The van der Waals surface area contributed by atoms with Gasteiger partial charge < -0.3 is 14.7 Å². The Hall–Kier alpha value is -4.99. The number of benzene rings is 2. The number of carbonyl (C=O) groups excluding carboxylic acids is 2. The first-order valence-corrected chi connectivity index (χ1v) is 13.0. The van der Waals surface area contributed by atoms with Crippen LogP contribution in [0.25, 0.3) is 5.69 Å². The van der Waals surface area contributed by atoms with E-state index in [0.717, 1.165) is 23.2 Å². The van der Waals surface area contributed by atoms with Gasteiger partial charge in [0.15, 0.2) is 5.60 Å². The fraction of sp³-hybridized carbons (Fsp3) is 0.346. The van der Waals surface area contributed by atoms with E-state index in [-0.39, 0.29) is 18.7 Å². The number of carbonyl (C=O) groups is 2. The largest absolute Gasteiger partial charge is 0.552 e. The van der Waals surface area contributed by atoms with Crippen molar-refractivity contribution in [2.24, 2.45) is 0 Å². The Labute approximate surface area is 238 Å². The summed E-state index contributed by atoms with van der Waals surface area (Å²) >= 11 is 0. The number of nitrogens with zero attached hydrogens (tertiary/aromatic N) is 9. The molecule has 2 atom stereocenters. The van der Waals surface area contributed by atoms with Crippen molar-refractivity contribution in [3.63, 3.8) is 0 Å². The zero-order chi connectivity index (χ0) is 30.0. The molecule has 42 heavy (non-hydrogen) atoms. The average molecular weight is 585 g/mol. The minimum atomic E-state index is -2.09. The topological polar surface area (TPSA) is 145 Å². The quantitative estimate of drug-likeness (QED) is 0.229. The molecule has 1 aliphatic rings. The van der Waals surface area contributed by atoms with Crippen LogP contribution in [0.1, 0.15) is 26.3 Å². The van der Waals surface area contributed by atoms with Crippen LogP contribution in [0.15, 0.2) is 61.4 Å². The van der Waals surface area contributed by atoms with Crippen LogP contribution in [0.5, 0.6) is 0 Å². The normalized spacial score (nSPS) is 15.6. The fourth-order valence-electron chi connectivity index (χ4n) is 4.74. The zero-order valence-corrected chi connectivity index (χ0v) is 22.9. The predicted molar refractivity (Wildman–Crippen MR) is 139 cm³/mol. The highest BCUT2D eigenvalue weighted by atomic mass is 19.1. The first-order valence-electron chi connectivity index (χ1n) is 13.0. The molecule has 2 amide bonds. The molecule has 0 spiro atoms. The van der Waals surface area contributed by atoms with E-state index in [4.69, 9.17) is 9.57 Å². The summed E-state index contributed by atoms with van der Waals surface area (Å²) in [6.45, 7) is 5.00. The Balaban J connectivity index is 1.40. The number of hydrogen-bond acceptors (Lipinski definition) is 9. The van der Waals surface area contributed by atoms with Gasteiger partial charge in [0.2, 0.25) is 0 Å². The molecule has 14 nitrogen and oxygen atoms in total. The maximum absolute atomic E-state index is 15.1. The van der Waals surface area contributed by atoms with Crippen molar-refractivity contribution in [3.05, 3.63) is 78.6 Å². The molecular weight excluding hydrogens is 556 g/mol. The number of amides is 2. The summed E-state index contributed by atoms with van der Waals surface area (Å²) in [5.41, 5.74) is -1.03. The Morgan fingerprint density at radius 3 is 2.50 bits per heavy atom. The summed E-state index contributed by atoms with van der Waals surface area (Å²) in [5, 5.41) is 27.2. The highest BCUT2D eigenvalue weighted by molar-refractivity contribution is 5.94. The molecule has 4 aromatic rings. The molecule has 2 aromatic carbocycles. The zero-order valence-electron chi connectivity index (χ0n) is 22.9. The van der Waals surface area contributed by atoms with E-state index in [2.05, 4.69) is 20.6 Å². The van der Waals surface area contributed by atoms with E-state index in [1.807, 2.05) is 0 Å². The Morgan fingerprint density at radius 1 is 1.10 bits per heavy atom. The number of halogens is 2. The van der Waals surface area contributed by atoms with Gasteiger partial charge in [-0.1, -0.05) is 6.07 Å². The number of urea groups is 1. The summed E-state index contributed by atoms with van der Waals surface area (Å²) in [6.07, 6.45) is 2.44. The summed E-state index contributed by atoms with van der Waals surface area (Å²) < 4.78 is 37.5. The van der Waals surface area contributed by atoms with E-state index in [1.54, 1.807) is 45.0 Å². The van der Waals surface area contributed by atoms with Crippen molar-refractivity contribution in [1.82, 2.24) is 34.9 Å². The molecule has 220 valence electrons. The predicted octanol–water partition coefficient (Wildman–Crippen LogP) is 1.62. The molecule has 3 heterocycles. The van der Waals surface area contributed by atoms with Crippen LogP contribution in [0.4, 0.5) is 24.1 Å². The van der Waals surface area contributed by atoms with E-state index in [1.165, 1.54) is 31.8 Å². The SMILES string of the molecule is CC(C)OC(=O)On1cn[n+](C[C@](O)(c2ccc(F)cc2F)[C@@H](C)N2CCN(c3ccc(-n4cnnn4)cc3)C2=O)c1. The monoisotopic (exact) mass is 584 g/mol. The van der Waals surface area contributed by atoms with Crippen molar-refractivity contribution in [3.8, 4) is 5.69 Å². The van der Waals surface area contributed by atoms with E-state index >= 15 is 4.39 Å². The number of anilines is 1. The molecule has 1 fully saturated rings. The molecule has 0 radical (unpaired) electrons. The van der Waals surface area contributed by atoms with Gasteiger partial charge in [-0.3, -0.25) is 4.90 Å². The van der Waals surface area contributed by atoms with Gasteiger partial charge in [-0.2, -0.15) is 4.79 Å². The number of aliphatic hydroxyl groups is 1. The third kappa shape index (κ3) is 5.74. The van der Waals surface area contributed by atoms with Gasteiger partial charge in [-0.25, -0.2) is 23.1 Å². The molecule has 2 aromatic heterocycles. The van der Waals surface area contributed by atoms with Crippen LogP contribution in [-0.4, -0.2) is 77.5 Å². The molecule has 5 rings (SSSR count). The summed E-state index contributed by atoms with van der Waals surface area (Å²) in [4.78, 5) is 33.4. The maximum Gasteiger partial charge on any atom is 0.552 e. The van der Waals surface area contributed by atoms with E-state index in [9.17, 15) is 19.1 Å². The lowest BCUT2D eigenvalue weighted by atomic mass is 9.85. The molecule has 16 heteroatoms. The van der Waals surface area contributed by atoms with Crippen LogP contribution >= 0.6 is 0 Å². The highest BCUT2D eigenvalue weighted by Gasteiger charge is 2.48.